The maximum atomic E-state index is 12.3. The third-order valence-electron chi connectivity index (χ3n) is 4.68. The molecule has 0 radical (unpaired) electrons. The highest BCUT2D eigenvalue weighted by atomic mass is 16.2. The second-order valence-corrected chi connectivity index (χ2v) is 6.15. The van der Waals surface area contributed by atoms with E-state index in [1.165, 1.54) is 0 Å². The molecule has 5 nitrogen and oxygen atoms in total. The highest BCUT2D eigenvalue weighted by Gasteiger charge is 2.34. The highest BCUT2D eigenvalue weighted by molar-refractivity contribution is 6.02. The lowest BCUT2D eigenvalue weighted by Crippen LogP contribution is -2.54. The van der Waals surface area contributed by atoms with E-state index < -0.39 is 0 Å². The van der Waals surface area contributed by atoms with E-state index in [0.717, 1.165) is 35.6 Å². The largest absolute Gasteiger partial charge is 0.381 e. The molecule has 1 fully saturated rings. The summed E-state index contributed by atoms with van der Waals surface area (Å²) in [6.45, 7) is 1.52. The van der Waals surface area contributed by atoms with E-state index in [0.29, 0.717) is 12.8 Å². The zero-order chi connectivity index (χ0) is 16.5. The molecule has 0 spiro atoms. The number of fused-ring (bicyclic) bond motifs is 1. The van der Waals surface area contributed by atoms with E-state index in [4.69, 9.17) is 0 Å². The molecular weight excluding hydrogens is 302 g/mol. The molecule has 1 unspecified atom stereocenters. The normalized spacial score (nSPS) is 20.2. The van der Waals surface area contributed by atoms with Crippen LogP contribution in [0.15, 0.2) is 48.5 Å². The van der Waals surface area contributed by atoms with Gasteiger partial charge in [0.15, 0.2) is 0 Å². The van der Waals surface area contributed by atoms with Crippen LogP contribution in [0.2, 0.25) is 0 Å². The summed E-state index contributed by atoms with van der Waals surface area (Å²) in [5.41, 5.74) is 4.36. The lowest BCUT2D eigenvalue weighted by Gasteiger charge is -2.39. The Kier molecular flexibility index (Phi) is 3.69. The summed E-state index contributed by atoms with van der Waals surface area (Å²) in [5.74, 6) is -0.367. The molecule has 2 aliphatic heterocycles. The van der Waals surface area contributed by atoms with E-state index >= 15 is 0 Å². The number of para-hydroxylation sites is 1. The van der Waals surface area contributed by atoms with Crippen LogP contribution in [-0.2, 0) is 9.59 Å². The van der Waals surface area contributed by atoms with Gasteiger partial charge in [0, 0.05) is 25.1 Å². The number of benzene rings is 2. The van der Waals surface area contributed by atoms with E-state index in [9.17, 15) is 9.59 Å². The number of imide groups is 1. The third-order valence-corrected chi connectivity index (χ3v) is 4.68. The Morgan fingerprint density at radius 1 is 1.00 bits per heavy atom. The van der Waals surface area contributed by atoms with Gasteiger partial charge in [0.2, 0.25) is 11.8 Å². The van der Waals surface area contributed by atoms with Crippen molar-refractivity contribution < 1.29 is 9.59 Å². The van der Waals surface area contributed by atoms with Gasteiger partial charge in [-0.05, 0) is 18.1 Å². The second-order valence-electron chi connectivity index (χ2n) is 6.15. The number of hydrogen-bond acceptors (Lipinski definition) is 4. The van der Waals surface area contributed by atoms with Gasteiger partial charge in [0.05, 0.1) is 11.4 Å². The van der Waals surface area contributed by atoms with Crippen LogP contribution in [0, 0.1) is 0 Å². The fourth-order valence-electron chi connectivity index (χ4n) is 3.55. The molecule has 0 saturated carbocycles. The van der Waals surface area contributed by atoms with Crippen LogP contribution >= 0.6 is 0 Å². The number of nitrogens with one attached hydrogen (secondary N) is 2. The van der Waals surface area contributed by atoms with E-state index in [-0.39, 0.29) is 17.9 Å². The summed E-state index contributed by atoms with van der Waals surface area (Å²) >= 11 is 0. The summed E-state index contributed by atoms with van der Waals surface area (Å²) in [5, 5.41) is 5.95. The van der Waals surface area contributed by atoms with Crippen LogP contribution in [0.5, 0.6) is 0 Å². The Hall–Kier alpha value is -2.82. The van der Waals surface area contributed by atoms with Crippen molar-refractivity contribution in [2.45, 2.75) is 18.9 Å². The number of nitrogens with zero attached hydrogens (tertiary/aromatic N) is 1. The minimum atomic E-state index is -0.283. The van der Waals surface area contributed by atoms with Gasteiger partial charge in [0.1, 0.15) is 6.04 Å². The van der Waals surface area contributed by atoms with Gasteiger partial charge in [-0.1, -0.05) is 42.5 Å². The molecule has 2 aromatic rings. The summed E-state index contributed by atoms with van der Waals surface area (Å²) in [6, 6.07) is 16.1. The van der Waals surface area contributed by atoms with Crippen LogP contribution in [-0.4, -0.2) is 30.9 Å². The maximum absolute atomic E-state index is 12.3. The van der Waals surface area contributed by atoms with Crippen LogP contribution in [0.25, 0.3) is 11.1 Å². The SMILES string of the molecule is O=C1CCC(N2CCNc3c(-c4ccccc4)cccc32)C(=O)N1. The molecule has 2 amide bonds. The van der Waals surface area contributed by atoms with E-state index in [2.05, 4.69) is 33.7 Å². The average molecular weight is 321 g/mol. The number of rotatable bonds is 2. The average Bonchev–Trinajstić information content (AvgIpc) is 2.62. The predicted molar refractivity (Wildman–Crippen MR) is 93.9 cm³/mol. The van der Waals surface area contributed by atoms with Gasteiger partial charge < -0.3 is 10.2 Å². The molecule has 24 heavy (non-hydrogen) atoms. The lowest BCUT2D eigenvalue weighted by atomic mass is 9.98. The molecule has 0 aromatic heterocycles. The summed E-state index contributed by atoms with van der Waals surface area (Å²) in [4.78, 5) is 25.8. The van der Waals surface area contributed by atoms with Crippen LogP contribution in [0.3, 0.4) is 0 Å². The maximum Gasteiger partial charge on any atom is 0.249 e. The molecule has 122 valence electrons. The molecule has 2 aromatic carbocycles. The molecule has 5 heteroatoms. The van der Waals surface area contributed by atoms with Gasteiger partial charge in [-0.25, -0.2) is 0 Å². The first-order chi connectivity index (χ1) is 11.7. The number of anilines is 2. The fourth-order valence-corrected chi connectivity index (χ4v) is 3.55. The molecule has 1 atom stereocenters. The Morgan fingerprint density at radius 3 is 2.62 bits per heavy atom. The smallest absolute Gasteiger partial charge is 0.249 e. The first-order valence-electron chi connectivity index (χ1n) is 8.27. The van der Waals surface area contributed by atoms with Crippen molar-refractivity contribution >= 4 is 23.2 Å². The summed E-state index contributed by atoms with van der Waals surface area (Å²) in [7, 11) is 0. The number of hydrogen-bond donors (Lipinski definition) is 2. The van der Waals surface area contributed by atoms with E-state index in [1.807, 2.05) is 30.3 Å². The van der Waals surface area contributed by atoms with Crippen molar-refractivity contribution in [3.05, 3.63) is 48.5 Å². The quantitative estimate of drug-likeness (QED) is 0.834. The lowest BCUT2D eigenvalue weighted by molar-refractivity contribution is -0.134. The standard InChI is InChI=1S/C19H19N3O2/c23-17-10-9-16(19(24)21-17)22-12-11-20-18-14(7-4-8-15(18)22)13-5-2-1-3-6-13/h1-8,16,20H,9-12H2,(H,21,23,24). The number of amides is 2. The van der Waals surface area contributed by atoms with Crippen molar-refractivity contribution in [1.82, 2.24) is 5.32 Å². The molecule has 0 aliphatic carbocycles. The molecule has 2 aliphatic rings. The predicted octanol–water partition coefficient (Wildman–Crippen LogP) is 2.39. The van der Waals surface area contributed by atoms with E-state index in [1.54, 1.807) is 0 Å². The Balaban J connectivity index is 1.74. The zero-order valence-corrected chi connectivity index (χ0v) is 13.3. The third kappa shape index (κ3) is 2.52. The first kappa shape index (κ1) is 14.8. The minimum Gasteiger partial charge on any atom is -0.381 e. The Labute approximate surface area is 140 Å². The summed E-state index contributed by atoms with van der Waals surface area (Å²) in [6.07, 6.45) is 0.966. The van der Waals surface area contributed by atoms with Crippen molar-refractivity contribution in [1.29, 1.82) is 0 Å². The zero-order valence-electron chi connectivity index (χ0n) is 13.3. The molecular formula is C19H19N3O2. The second kappa shape index (κ2) is 6.00. The van der Waals surface area contributed by atoms with Crippen molar-refractivity contribution in [2.75, 3.05) is 23.3 Å². The molecule has 2 N–H and O–H groups in total. The Morgan fingerprint density at radius 2 is 1.83 bits per heavy atom. The highest BCUT2D eigenvalue weighted by Crippen LogP contribution is 2.39. The first-order valence-corrected chi connectivity index (χ1v) is 8.27. The summed E-state index contributed by atoms with van der Waals surface area (Å²) < 4.78 is 0. The van der Waals surface area contributed by atoms with Gasteiger partial charge in [-0.2, -0.15) is 0 Å². The van der Waals surface area contributed by atoms with Gasteiger partial charge in [0.25, 0.3) is 0 Å². The molecule has 1 saturated heterocycles. The van der Waals surface area contributed by atoms with Gasteiger partial charge in [-0.15, -0.1) is 0 Å². The van der Waals surface area contributed by atoms with Crippen molar-refractivity contribution in [3.8, 4) is 11.1 Å². The number of carbonyl (C=O) groups excluding carboxylic acids is 2. The van der Waals surface area contributed by atoms with Crippen molar-refractivity contribution in [3.63, 3.8) is 0 Å². The van der Waals surface area contributed by atoms with Gasteiger partial charge >= 0.3 is 0 Å². The Bertz CT molecular complexity index is 788. The minimum absolute atomic E-state index is 0.176. The molecule has 2 heterocycles. The topological polar surface area (TPSA) is 61.4 Å². The number of carbonyl (C=O) groups is 2. The van der Waals surface area contributed by atoms with Crippen LogP contribution in [0.1, 0.15) is 12.8 Å². The molecule has 4 rings (SSSR count). The monoisotopic (exact) mass is 321 g/mol. The number of piperidine rings is 1. The van der Waals surface area contributed by atoms with Crippen LogP contribution in [0.4, 0.5) is 11.4 Å². The fraction of sp³-hybridized carbons (Fsp3) is 0.263. The van der Waals surface area contributed by atoms with Crippen LogP contribution < -0.4 is 15.5 Å². The molecule has 0 bridgehead atoms. The van der Waals surface area contributed by atoms with Gasteiger partial charge in [-0.3, -0.25) is 14.9 Å². The van der Waals surface area contributed by atoms with Crippen molar-refractivity contribution in [2.24, 2.45) is 0 Å².